The molecule has 5 heteroatoms. The molecular weight excluding hydrogens is 330 g/mol. The van der Waals surface area contributed by atoms with Gasteiger partial charge in [-0.25, -0.2) is 0 Å². The van der Waals surface area contributed by atoms with Crippen molar-refractivity contribution in [2.75, 3.05) is 39.8 Å². The lowest BCUT2D eigenvalue weighted by Crippen LogP contribution is -2.48. The van der Waals surface area contributed by atoms with Gasteiger partial charge in [0.05, 0.1) is 6.04 Å². The molecule has 4 nitrogen and oxygen atoms in total. The van der Waals surface area contributed by atoms with Crippen molar-refractivity contribution in [3.05, 3.63) is 57.8 Å². The highest BCUT2D eigenvalue weighted by Crippen LogP contribution is 2.23. The SMILES string of the molecule is CCc1ccc(C(=O)NCC(c2ccsc2)N2CCN(C)CC2)cc1. The second kappa shape index (κ2) is 8.61. The average Bonchev–Trinajstić information content (AvgIpc) is 3.17. The van der Waals surface area contributed by atoms with Gasteiger partial charge in [-0.1, -0.05) is 19.1 Å². The number of benzene rings is 1. The Bertz CT molecular complexity index is 661. The summed E-state index contributed by atoms with van der Waals surface area (Å²) in [5.74, 6) is 0.0111. The highest BCUT2D eigenvalue weighted by molar-refractivity contribution is 7.07. The van der Waals surface area contributed by atoms with E-state index in [9.17, 15) is 4.79 Å². The first kappa shape index (κ1) is 18.1. The fourth-order valence-corrected chi connectivity index (χ4v) is 3.95. The zero-order chi connectivity index (χ0) is 17.6. The molecule has 0 radical (unpaired) electrons. The Morgan fingerprint density at radius 3 is 2.48 bits per heavy atom. The first-order valence-corrected chi connectivity index (χ1v) is 9.93. The highest BCUT2D eigenvalue weighted by Gasteiger charge is 2.24. The van der Waals surface area contributed by atoms with E-state index in [-0.39, 0.29) is 11.9 Å². The lowest BCUT2D eigenvalue weighted by atomic mass is 10.1. The third-order valence-electron chi connectivity index (χ3n) is 4.99. The predicted molar refractivity (Wildman–Crippen MR) is 104 cm³/mol. The summed E-state index contributed by atoms with van der Waals surface area (Å²) in [5, 5.41) is 7.46. The van der Waals surface area contributed by atoms with E-state index in [0.717, 1.165) is 38.2 Å². The van der Waals surface area contributed by atoms with Gasteiger partial charge in [-0.05, 0) is 53.6 Å². The number of hydrogen-bond acceptors (Lipinski definition) is 4. The number of likely N-dealkylation sites (N-methyl/N-ethyl adjacent to an activating group) is 1. The number of hydrogen-bond donors (Lipinski definition) is 1. The smallest absolute Gasteiger partial charge is 0.251 e. The van der Waals surface area contributed by atoms with Gasteiger partial charge in [-0.3, -0.25) is 9.69 Å². The van der Waals surface area contributed by atoms with Crippen LogP contribution in [0.4, 0.5) is 0 Å². The molecule has 0 saturated carbocycles. The second-order valence-electron chi connectivity index (χ2n) is 6.67. The molecular formula is C20H27N3OS. The molecule has 1 unspecified atom stereocenters. The maximum Gasteiger partial charge on any atom is 0.251 e. The van der Waals surface area contributed by atoms with Crippen LogP contribution in [0.3, 0.4) is 0 Å². The monoisotopic (exact) mass is 357 g/mol. The molecule has 0 aliphatic carbocycles. The van der Waals surface area contributed by atoms with Crippen LogP contribution in [-0.4, -0.2) is 55.5 Å². The average molecular weight is 358 g/mol. The van der Waals surface area contributed by atoms with Crippen molar-refractivity contribution in [1.82, 2.24) is 15.1 Å². The van der Waals surface area contributed by atoms with Crippen molar-refractivity contribution < 1.29 is 4.79 Å². The molecule has 1 N–H and O–H groups in total. The first-order valence-electron chi connectivity index (χ1n) is 8.99. The van der Waals surface area contributed by atoms with Crippen LogP contribution in [0.5, 0.6) is 0 Å². The molecule has 2 aromatic rings. The topological polar surface area (TPSA) is 35.6 Å². The third-order valence-corrected chi connectivity index (χ3v) is 5.69. The van der Waals surface area contributed by atoms with Gasteiger partial charge in [0.2, 0.25) is 0 Å². The lowest BCUT2D eigenvalue weighted by molar-refractivity contribution is 0.0886. The zero-order valence-electron chi connectivity index (χ0n) is 15.1. The highest BCUT2D eigenvalue weighted by atomic mass is 32.1. The minimum atomic E-state index is 0.0111. The molecule has 0 bridgehead atoms. The van der Waals surface area contributed by atoms with Crippen molar-refractivity contribution in [3.63, 3.8) is 0 Å². The summed E-state index contributed by atoms with van der Waals surface area (Å²) in [7, 11) is 2.17. The van der Waals surface area contributed by atoms with Gasteiger partial charge >= 0.3 is 0 Å². The van der Waals surface area contributed by atoms with E-state index in [4.69, 9.17) is 0 Å². The minimum absolute atomic E-state index is 0.0111. The number of thiophene rings is 1. The third kappa shape index (κ3) is 4.69. The molecule has 3 rings (SSSR count). The molecule has 134 valence electrons. The fraction of sp³-hybridized carbons (Fsp3) is 0.450. The van der Waals surface area contributed by atoms with Gasteiger partial charge in [0, 0.05) is 38.3 Å². The van der Waals surface area contributed by atoms with E-state index >= 15 is 0 Å². The Balaban J connectivity index is 1.64. The number of rotatable bonds is 6. The van der Waals surface area contributed by atoms with E-state index < -0.39 is 0 Å². The number of aryl methyl sites for hydroxylation is 1. The summed E-state index contributed by atoms with van der Waals surface area (Å²) in [5.41, 5.74) is 3.29. The quantitative estimate of drug-likeness (QED) is 0.863. The Morgan fingerprint density at radius 1 is 1.16 bits per heavy atom. The van der Waals surface area contributed by atoms with Crippen LogP contribution >= 0.6 is 11.3 Å². The van der Waals surface area contributed by atoms with E-state index in [1.54, 1.807) is 11.3 Å². The van der Waals surface area contributed by atoms with Gasteiger partial charge in [-0.2, -0.15) is 11.3 Å². The Hall–Kier alpha value is -1.69. The predicted octanol–water partition coefficient (Wildman–Crippen LogP) is 3.03. The second-order valence-corrected chi connectivity index (χ2v) is 7.45. The summed E-state index contributed by atoms with van der Waals surface area (Å²) < 4.78 is 0. The molecule has 1 aliphatic rings. The number of carbonyl (C=O) groups is 1. The molecule has 1 fully saturated rings. The number of carbonyl (C=O) groups excluding carboxylic acids is 1. The minimum Gasteiger partial charge on any atom is -0.350 e. The van der Waals surface area contributed by atoms with Gasteiger partial charge in [0.15, 0.2) is 0 Å². The van der Waals surface area contributed by atoms with Crippen molar-refractivity contribution in [1.29, 1.82) is 0 Å². The summed E-state index contributed by atoms with van der Waals surface area (Å²) in [6.45, 7) is 7.00. The first-order chi connectivity index (χ1) is 12.2. The number of amides is 1. The number of piperazine rings is 1. The van der Waals surface area contributed by atoms with E-state index in [0.29, 0.717) is 6.54 Å². The molecule has 1 atom stereocenters. The van der Waals surface area contributed by atoms with E-state index in [2.05, 4.69) is 45.9 Å². The van der Waals surface area contributed by atoms with Crippen molar-refractivity contribution in [3.8, 4) is 0 Å². The van der Waals surface area contributed by atoms with Gasteiger partial charge < -0.3 is 10.2 Å². The Kier molecular flexibility index (Phi) is 6.24. The van der Waals surface area contributed by atoms with E-state index in [1.807, 2.05) is 24.3 Å². The largest absolute Gasteiger partial charge is 0.350 e. The summed E-state index contributed by atoms with van der Waals surface area (Å²) in [6.07, 6.45) is 0.992. The van der Waals surface area contributed by atoms with E-state index in [1.165, 1.54) is 11.1 Å². The van der Waals surface area contributed by atoms with Crippen molar-refractivity contribution in [2.45, 2.75) is 19.4 Å². The van der Waals surface area contributed by atoms with Crippen LogP contribution in [0, 0.1) is 0 Å². The maximum atomic E-state index is 12.5. The number of nitrogens with one attached hydrogen (secondary N) is 1. The van der Waals surface area contributed by atoms with Crippen LogP contribution < -0.4 is 5.32 Å². The van der Waals surface area contributed by atoms with Crippen molar-refractivity contribution in [2.24, 2.45) is 0 Å². The summed E-state index contributed by atoms with van der Waals surface area (Å²) in [4.78, 5) is 17.4. The Labute approximate surface area is 154 Å². The van der Waals surface area contributed by atoms with Crippen LogP contribution in [0.15, 0.2) is 41.1 Å². The van der Waals surface area contributed by atoms with Crippen LogP contribution in [0.25, 0.3) is 0 Å². The standard InChI is InChI=1S/C20H27N3OS/c1-3-16-4-6-17(7-5-16)20(24)21-14-19(18-8-13-25-15-18)23-11-9-22(2)10-12-23/h4-8,13,15,19H,3,9-12,14H2,1-2H3,(H,21,24). The lowest BCUT2D eigenvalue weighted by Gasteiger charge is -2.38. The molecule has 2 heterocycles. The molecule has 1 saturated heterocycles. The normalized spacial score (nSPS) is 17.4. The maximum absolute atomic E-state index is 12.5. The summed E-state index contributed by atoms with van der Waals surface area (Å²) >= 11 is 1.72. The van der Waals surface area contributed by atoms with Gasteiger partial charge in [-0.15, -0.1) is 0 Å². The molecule has 1 aromatic heterocycles. The molecule has 0 spiro atoms. The molecule has 1 aromatic carbocycles. The molecule has 25 heavy (non-hydrogen) atoms. The van der Waals surface area contributed by atoms with Crippen LogP contribution in [0.2, 0.25) is 0 Å². The zero-order valence-corrected chi connectivity index (χ0v) is 15.9. The molecule has 1 aliphatic heterocycles. The van der Waals surface area contributed by atoms with Crippen molar-refractivity contribution >= 4 is 17.2 Å². The van der Waals surface area contributed by atoms with Crippen LogP contribution in [0.1, 0.15) is 34.5 Å². The van der Waals surface area contributed by atoms with Gasteiger partial charge in [0.25, 0.3) is 5.91 Å². The van der Waals surface area contributed by atoms with Gasteiger partial charge in [0.1, 0.15) is 0 Å². The molecule has 1 amide bonds. The van der Waals surface area contributed by atoms with Crippen LogP contribution in [-0.2, 0) is 6.42 Å². The fourth-order valence-electron chi connectivity index (χ4n) is 3.24. The summed E-state index contributed by atoms with van der Waals surface area (Å²) in [6, 6.07) is 10.3. The Morgan fingerprint density at radius 2 is 1.88 bits per heavy atom. The number of nitrogens with zero attached hydrogens (tertiary/aromatic N) is 2.